The molecule has 6 heteroatoms. The minimum atomic E-state index is -1.33. The van der Waals surface area contributed by atoms with Gasteiger partial charge in [0.1, 0.15) is 5.82 Å². The van der Waals surface area contributed by atoms with Gasteiger partial charge in [0.2, 0.25) is 0 Å². The Balaban J connectivity index is 3.17. The first kappa shape index (κ1) is 9.37. The van der Waals surface area contributed by atoms with E-state index >= 15 is 0 Å². The molecule has 1 heterocycles. The number of hydrogen-bond donors (Lipinski definition) is 2. The van der Waals surface area contributed by atoms with Gasteiger partial charge in [0.25, 0.3) is 0 Å². The van der Waals surface area contributed by atoms with Gasteiger partial charge < -0.3 is 10.8 Å². The topological polar surface area (TPSA) is 76.2 Å². The molecule has 0 amide bonds. The Hall–Kier alpha value is -1.72. The van der Waals surface area contributed by atoms with Crippen LogP contribution >= 0.6 is 0 Å². The zero-order valence-corrected chi connectivity index (χ0v) is 6.42. The van der Waals surface area contributed by atoms with Crippen molar-refractivity contribution in [2.45, 2.75) is 6.42 Å². The van der Waals surface area contributed by atoms with E-state index in [1.807, 2.05) is 0 Å². The number of carbonyl (C=O) groups is 1. The van der Waals surface area contributed by atoms with Crippen molar-refractivity contribution in [2.75, 3.05) is 5.73 Å². The average molecular weight is 188 g/mol. The molecule has 0 aliphatic carbocycles. The average Bonchev–Trinajstić information content (AvgIpc) is 2.05. The number of nitrogens with two attached hydrogens (primary N) is 1. The molecule has 0 spiro atoms. The molecule has 0 saturated carbocycles. The molecule has 1 aromatic rings. The summed E-state index contributed by atoms with van der Waals surface area (Å²) in [5.41, 5.74) is 4.45. The SMILES string of the molecule is Nc1ncc(F)c(CC(=O)O)c1F. The Kier molecular flexibility index (Phi) is 2.41. The van der Waals surface area contributed by atoms with Crippen molar-refractivity contribution in [3.05, 3.63) is 23.4 Å². The molecule has 3 N–H and O–H groups in total. The highest BCUT2D eigenvalue weighted by Crippen LogP contribution is 2.16. The second-order valence-corrected chi connectivity index (χ2v) is 2.35. The predicted molar refractivity (Wildman–Crippen MR) is 39.9 cm³/mol. The number of aromatic nitrogens is 1. The fourth-order valence-electron chi connectivity index (χ4n) is 0.834. The van der Waals surface area contributed by atoms with Crippen molar-refractivity contribution in [1.82, 2.24) is 4.98 Å². The van der Waals surface area contributed by atoms with Crippen LogP contribution < -0.4 is 5.73 Å². The lowest BCUT2D eigenvalue weighted by atomic mass is 10.2. The third-order valence-corrected chi connectivity index (χ3v) is 1.42. The summed E-state index contributed by atoms with van der Waals surface area (Å²) >= 11 is 0. The largest absolute Gasteiger partial charge is 0.481 e. The number of hydrogen-bond acceptors (Lipinski definition) is 3. The second kappa shape index (κ2) is 3.34. The van der Waals surface area contributed by atoms with Crippen LogP contribution in [-0.2, 0) is 11.2 Å². The third kappa shape index (κ3) is 1.90. The third-order valence-electron chi connectivity index (χ3n) is 1.42. The Labute approximate surface area is 72.0 Å². The van der Waals surface area contributed by atoms with E-state index in [4.69, 9.17) is 10.8 Å². The Morgan fingerprint density at radius 1 is 1.62 bits per heavy atom. The van der Waals surface area contributed by atoms with Crippen LogP contribution in [0.1, 0.15) is 5.56 Å². The maximum atomic E-state index is 12.9. The lowest BCUT2D eigenvalue weighted by Crippen LogP contribution is -2.08. The van der Waals surface area contributed by atoms with Crippen LogP contribution in [-0.4, -0.2) is 16.1 Å². The molecule has 1 rings (SSSR count). The summed E-state index contributed by atoms with van der Waals surface area (Å²) < 4.78 is 25.7. The summed E-state index contributed by atoms with van der Waals surface area (Å²) in [5.74, 6) is -3.95. The van der Waals surface area contributed by atoms with Gasteiger partial charge in [-0.2, -0.15) is 0 Å². The summed E-state index contributed by atoms with van der Waals surface area (Å²) in [6, 6.07) is 0. The minimum Gasteiger partial charge on any atom is -0.481 e. The summed E-state index contributed by atoms with van der Waals surface area (Å²) in [5, 5.41) is 8.31. The summed E-state index contributed by atoms with van der Waals surface area (Å²) in [6.45, 7) is 0. The first-order chi connectivity index (χ1) is 6.02. The molecule has 13 heavy (non-hydrogen) atoms. The normalized spacial score (nSPS) is 10.0. The zero-order chi connectivity index (χ0) is 10.0. The van der Waals surface area contributed by atoms with Gasteiger partial charge in [-0.15, -0.1) is 0 Å². The Morgan fingerprint density at radius 3 is 2.77 bits per heavy atom. The first-order valence-electron chi connectivity index (χ1n) is 3.32. The Bertz CT molecular complexity index is 355. The zero-order valence-electron chi connectivity index (χ0n) is 6.42. The van der Waals surface area contributed by atoms with Crippen LogP contribution in [0.25, 0.3) is 0 Å². The van der Waals surface area contributed by atoms with Gasteiger partial charge >= 0.3 is 5.97 Å². The van der Waals surface area contributed by atoms with Gasteiger partial charge in [-0.1, -0.05) is 0 Å². The number of carboxylic acid groups (broad SMARTS) is 1. The van der Waals surface area contributed by atoms with Crippen molar-refractivity contribution in [1.29, 1.82) is 0 Å². The number of pyridine rings is 1. The van der Waals surface area contributed by atoms with E-state index in [-0.39, 0.29) is 0 Å². The monoisotopic (exact) mass is 188 g/mol. The van der Waals surface area contributed by atoms with Crippen molar-refractivity contribution in [2.24, 2.45) is 0 Å². The lowest BCUT2D eigenvalue weighted by Gasteiger charge is -2.02. The highest BCUT2D eigenvalue weighted by molar-refractivity contribution is 5.70. The van der Waals surface area contributed by atoms with Crippen molar-refractivity contribution in [3.8, 4) is 0 Å². The van der Waals surface area contributed by atoms with Crippen molar-refractivity contribution in [3.63, 3.8) is 0 Å². The summed E-state index contributed by atoms with van der Waals surface area (Å²) in [6.07, 6.45) is -0.0545. The number of nitrogen functional groups attached to an aromatic ring is 1. The van der Waals surface area contributed by atoms with Crippen molar-refractivity contribution < 1.29 is 18.7 Å². The molecule has 0 unspecified atom stereocenters. The van der Waals surface area contributed by atoms with Crippen LogP contribution in [0.4, 0.5) is 14.6 Å². The molecule has 0 aliphatic heterocycles. The van der Waals surface area contributed by atoms with Crippen LogP contribution in [0.5, 0.6) is 0 Å². The smallest absolute Gasteiger partial charge is 0.308 e. The molecule has 0 aromatic carbocycles. The summed E-state index contributed by atoms with van der Waals surface area (Å²) in [7, 11) is 0. The number of carboxylic acids is 1. The van der Waals surface area contributed by atoms with Gasteiger partial charge in [-0.3, -0.25) is 4.79 Å². The van der Waals surface area contributed by atoms with E-state index in [1.165, 1.54) is 0 Å². The number of nitrogens with zero attached hydrogens (tertiary/aromatic N) is 1. The van der Waals surface area contributed by atoms with Crippen molar-refractivity contribution >= 4 is 11.8 Å². The van der Waals surface area contributed by atoms with Crippen LogP contribution in [0.2, 0.25) is 0 Å². The standard InChI is InChI=1S/C7H6F2N2O2/c8-4-2-11-7(10)6(9)3(4)1-5(12)13/h2H,1H2,(H2,10,11)(H,12,13). The molecule has 0 bridgehead atoms. The van der Waals surface area contributed by atoms with E-state index < -0.39 is 35.4 Å². The minimum absolute atomic E-state index is 0.502. The fourth-order valence-corrected chi connectivity index (χ4v) is 0.834. The van der Waals surface area contributed by atoms with E-state index in [2.05, 4.69) is 4.98 Å². The van der Waals surface area contributed by atoms with Gasteiger partial charge in [0.05, 0.1) is 12.6 Å². The molecule has 0 atom stereocenters. The molecule has 70 valence electrons. The van der Waals surface area contributed by atoms with Crippen LogP contribution in [0.3, 0.4) is 0 Å². The number of aliphatic carboxylic acids is 1. The highest BCUT2D eigenvalue weighted by Gasteiger charge is 2.15. The first-order valence-corrected chi connectivity index (χ1v) is 3.32. The molecule has 0 saturated heterocycles. The fraction of sp³-hybridized carbons (Fsp3) is 0.143. The number of halogens is 2. The van der Waals surface area contributed by atoms with Crippen LogP contribution in [0, 0.1) is 11.6 Å². The van der Waals surface area contributed by atoms with Gasteiger partial charge in [0, 0.05) is 5.56 Å². The molecular weight excluding hydrogens is 182 g/mol. The molecule has 4 nitrogen and oxygen atoms in total. The lowest BCUT2D eigenvalue weighted by molar-refractivity contribution is -0.136. The maximum absolute atomic E-state index is 12.9. The molecule has 0 fully saturated rings. The number of anilines is 1. The highest BCUT2D eigenvalue weighted by atomic mass is 19.1. The van der Waals surface area contributed by atoms with E-state index in [0.29, 0.717) is 6.20 Å². The van der Waals surface area contributed by atoms with Crippen LogP contribution in [0.15, 0.2) is 6.20 Å². The predicted octanol–water partition coefficient (Wildman–Crippen LogP) is 0.569. The van der Waals surface area contributed by atoms with Gasteiger partial charge in [-0.25, -0.2) is 13.8 Å². The second-order valence-electron chi connectivity index (χ2n) is 2.35. The van der Waals surface area contributed by atoms with E-state index in [9.17, 15) is 13.6 Å². The maximum Gasteiger partial charge on any atom is 0.308 e. The van der Waals surface area contributed by atoms with E-state index in [1.54, 1.807) is 0 Å². The number of rotatable bonds is 2. The molecule has 0 radical (unpaired) electrons. The van der Waals surface area contributed by atoms with Gasteiger partial charge in [0.15, 0.2) is 11.6 Å². The summed E-state index contributed by atoms with van der Waals surface area (Å²) in [4.78, 5) is 13.4. The quantitative estimate of drug-likeness (QED) is 0.711. The molecular formula is C7H6F2N2O2. The van der Waals surface area contributed by atoms with Gasteiger partial charge in [-0.05, 0) is 0 Å². The molecule has 1 aromatic heterocycles. The molecule has 0 aliphatic rings. The van der Waals surface area contributed by atoms with E-state index in [0.717, 1.165) is 0 Å². The Morgan fingerprint density at radius 2 is 2.23 bits per heavy atom.